The van der Waals surface area contributed by atoms with Crippen molar-refractivity contribution in [3.63, 3.8) is 0 Å². The van der Waals surface area contributed by atoms with Crippen LogP contribution in [0.5, 0.6) is 0 Å². The Balaban J connectivity index is 1.40. The van der Waals surface area contributed by atoms with Crippen LogP contribution in [0, 0.1) is 6.92 Å². The van der Waals surface area contributed by atoms with Crippen LogP contribution in [0.2, 0.25) is 0 Å². The molecule has 0 spiro atoms. The maximum Gasteiger partial charge on any atom is 0.254 e. The number of rotatable bonds is 3. The number of piperazine rings is 1. The summed E-state index contributed by atoms with van der Waals surface area (Å²) < 4.78 is 2.06. The lowest BCUT2D eigenvalue weighted by Gasteiger charge is -2.40. The third-order valence-electron chi connectivity index (χ3n) is 6.70. The molecule has 6 rings (SSSR count). The largest absolute Gasteiger partial charge is 0.338 e. The molecule has 7 heteroatoms. The Morgan fingerprint density at radius 2 is 1.71 bits per heavy atom. The number of nitrogens with zero attached hydrogens (tertiary/aromatic N) is 6. The smallest absolute Gasteiger partial charge is 0.254 e. The number of fused-ring (bicyclic) bond motifs is 3. The monoisotopic (exact) mass is 462 g/mol. The maximum absolute atomic E-state index is 13.3. The van der Waals surface area contributed by atoms with E-state index in [1.807, 2.05) is 90.7 Å². The van der Waals surface area contributed by atoms with Crippen molar-refractivity contribution >= 4 is 28.4 Å². The lowest BCUT2D eigenvalue weighted by atomic mass is 10.1. The topological polar surface area (TPSA) is 66.6 Å². The average molecular weight is 463 g/mol. The Bertz CT molecular complexity index is 1540. The molecule has 3 aromatic carbocycles. The summed E-state index contributed by atoms with van der Waals surface area (Å²) in [7, 11) is 0. The molecule has 0 bridgehead atoms. The van der Waals surface area contributed by atoms with Gasteiger partial charge in [-0.3, -0.25) is 4.79 Å². The van der Waals surface area contributed by atoms with Crippen molar-refractivity contribution < 1.29 is 4.79 Å². The fraction of sp³-hybridized carbons (Fsp3) is 0.214. The second kappa shape index (κ2) is 8.51. The van der Waals surface area contributed by atoms with Crippen molar-refractivity contribution in [2.45, 2.75) is 19.9 Å². The van der Waals surface area contributed by atoms with Crippen LogP contribution in [0.25, 0.3) is 27.9 Å². The van der Waals surface area contributed by atoms with Crippen LogP contribution in [-0.2, 0) is 0 Å². The summed E-state index contributed by atoms with van der Waals surface area (Å²) in [5.41, 5.74) is 4.48. The van der Waals surface area contributed by atoms with Gasteiger partial charge in [0.15, 0.2) is 11.5 Å². The molecule has 174 valence electrons. The van der Waals surface area contributed by atoms with Crippen LogP contribution in [0.15, 0.2) is 78.9 Å². The van der Waals surface area contributed by atoms with Crippen molar-refractivity contribution in [2.75, 3.05) is 24.5 Å². The molecule has 1 unspecified atom stereocenters. The Labute approximate surface area is 203 Å². The quantitative estimate of drug-likeness (QED) is 0.392. The highest BCUT2D eigenvalue weighted by Crippen LogP contribution is 2.29. The van der Waals surface area contributed by atoms with E-state index in [1.54, 1.807) is 0 Å². The van der Waals surface area contributed by atoms with Gasteiger partial charge < -0.3 is 9.80 Å². The van der Waals surface area contributed by atoms with Gasteiger partial charge in [-0.05, 0) is 38.1 Å². The van der Waals surface area contributed by atoms with Gasteiger partial charge in [0, 0.05) is 42.2 Å². The summed E-state index contributed by atoms with van der Waals surface area (Å²) in [6, 6.07) is 25.9. The second-order valence-electron chi connectivity index (χ2n) is 9.14. The maximum atomic E-state index is 13.3. The van der Waals surface area contributed by atoms with Crippen LogP contribution >= 0.6 is 0 Å². The van der Waals surface area contributed by atoms with E-state index in [0.717, 1.165) is 45.0 Å². The zero-order chi connectivity index (χ0) is 23.9. The summed E-state index contributed by atoms with van der Waals surface area (Å²) in [6.07, 6.45) is 0. The number of para-hydroxylation sites is 1. The van der Waals surface area contributed by atoms with Crippen LogP contribution in [0.3, 0.4) is 0 Å². The highest BCUT2D eigenvalue weighted by Gasteiger charge is 2.31. The van der Waals surface area contributed by atoms with E-state index in [4.69, 9.17) is 4.98 Å². The van der Waals surface area contributed by atoms with E-state index in [2.05, 4.69) is 26.4 Å². The predicted octanol–water partition coefficient (Wildman–Crippen LogP) is 4.60. The molecule has 3 heterocycles. The summed E-state index contributed by atoms with van der Waals surface area (Å²) in [4.78, 5) is 22.5. The van der Waals surface area contributed by atoms with Crippen molar-refractivity contribution in [2.24, 2.45) is 0 Å². The lowest BCUT2D eigenvalue weighted by Crippen LogP contribution is -2.54. The van der Waals surface area contributed by atoms with Crippen LogP contribution in [0.1, 0.15) is 22.8 Å². The number of benzene rings is 3. The van der Waals surface area contributed by atoms with E-state index >= 15 is 0 Å². The molecule has 0 N–H and O–H groups in total. The number of anilines is 1. The third-order valence-corrected chi connectivity index (χ3v) is 6.70. The van der Waals surface area contributed by atoms with Crippen LogP contribution in [0.4, 0.5) is 5.95 Å². The SMILES string of the molecule is Cc1cccc(C(=O)N2CCN(c3nc4ccccc4c4nnc(-c5ccccc5)n34)CC2C)c1. The lowest BCUT2D eigenvalue weighted by molar-refractivity contribution is 0.0673. The zero-order valence-electron chi connectivity index (χ0n) is 19.8. The third kappa shape index (κ3) is 3.69. The molecular formula is C28H26N6O. The molecule has 0 saturated carbocycles. The molecular weight excluding hydrogens is 436 g/mol. The summed E-state index contributed by atoms with van der Waals surface area (Å²) >= 11 is 0. The molecule has 0 aliphatic carbocycles. The Morgan fingerprint density at radius 3 is 2.51 bits per heavy atom. The molecule has 5 aromatic rings. The van der Waals surface area contributed by atoms with Gasteiger partial charge in [0.05, 0.1) is 5.52 Å². The molecule has 1 aliphatic rings. The van der Waals surface area contributed by atoms with E-state index in [-0.39, 0.29) is 11.9 Å². The van der Waals surface area contributed by atoms with Gasteiger partial charge in [0.2, 0.25) is 5.95 Å². The molecule has 2 aromatic heterocycles. The summed E-state index contributed by atoms with van der Waals surface area (Å²) in [5.74, 6) is 1.64. The van der Waals surface area contributed by atoms with Gasteiger partial charge in [0.25, 0.3) is 5.91 Å². The minimum atomic E-state index is 0.0248. The Morgan fingerprint density at radius 1 is 0.914 bits per heavy atom. The predicted molar refractivity (Wildman–Crippen MR) is 138 cm³/mol. The summed E-state index contributed by atoms with van der Waals surface area (Å²) in [5, 5.41) is 10.1. The minimum absolute atomic E-state index is 0.0248. The first-order valence-electron chi connectivity index (χ1n) is 11.9. The van der Waals surface area contributed by atoms with Gasteiger partial charge in [-0.15, -0.1) is 10.2 Å². The van der Waals surface area contributed by atoms with Gasteiger partial charge in [-0.1, -0.05) is 60.2 Å². The molecule has 0 radical (unpaired) electrons. The van der Waals surface area contributed by atoms with E-state index in [1.165, 1.54) is 0 Å². The zero-order valence-corrected chi connectivity index (χ0v) is 19.8. The highest BCUT2D eigenvalue weighted by atomic mass is 16.2. The molecule has 1 atom stereocenters. The van der Waals surface area contributed by atoms with Crippen molar-refractivity contribution in [1.82, 2.24) is 24.5 Å². The van der Waals surface area contributed by atoms with E-state index in [9.17, 15) is 4.79 Å². The number of amides is 1. The van der Waals surface area contributed by atoms with Crippen molar-refractivity contribution in [3.05, 3.63) is 90.0 Å². The molecule has 1 fully saturated rings. The van der Waals surface area contributed by atoms with Gasteiger partial charge >= 0.3 is 0 Å². The molecule has 1 aliphatic heterocycles. The Kier molecular flexibility index (Phi) is 5.17. The fourth-order valence-corrected chi connectivity index (χ4v) is 4.94. The number of aryl methyl sites for hydroxylation is 1. The summed E-state index contributed by atoms with van der Waals surface area (Å²) in [6.45, 7) is 6.08. The van der Waals surface area contributed by atoms with E-state index < -0.39 is 0 Å². The first-order valence-corrected chi connectivity index (χ1v) is 11.9. The molecule has 35 heavy (non-hydrogen) atoms. The average Bonchev–Trinajstić information content (AvgIpc) is 3.34. The van der Waals surface area contributed by atoms with Gasteiger partial charge in [-0.2, -0.15) is 0 Å². The molecule has 7 nitrogen and oxygen atoms in total. The molecule has 1 amide bonds. The number of carbonyl (C=O) groups is 1. The molecule has 1 saturated heterocycles. The van der Waals surface area contributed by atoms with Crippen molar-refractivity contribution in [3.8, 4) is 11.4 Å². The van der Waals surface area contributed by atoms with Gasteiger partial charge in [-0.25, -0.2) is 9.38 Å². The standard InChI is InChI=1S/C28H26N6O/c1-19-9-8-12-22(17-19)27(35)33-16-15-32(18-20(33)2)28-29-24-14-7-6-13-23(24)26-31-30-25(34(26)28)21-10-4-3-5-11-21/h3-14,17,20H,15-16,18H2,1-2H3. The van der Waals surface area contributed by atoms with E-state index in [0.29, 0.717) is 19.6 Å². The fourth-order valence-electron chi connectivity index (χ4n) is 4.94. The first kappa shape index (κ1) is 21.3. The Hall–Kier alpha value is -4.26. The van der Waals surface area contributed by atoms with Crippen molar-refractivity contribution in [1.29, 1.82) is 0 Å². The minimum Gasteiger partial charge on any atom is -0.338 e. The number of carbonyl (C=O) groups excluding carboxylic acids is 1. The number of aromatic nitrogens is 4. The first-order chi connectivity index (χ1) is 17.1. The number of hydrogen-bond acceptors (Lipinski definition) is 5. The second-order valence-corrected chi connectivity index (χ2v) is 9.14. The van der Waals surface area contributed by atoms with Crippen LogP contribution < -0.4 is 4.90 Å². The normalized spacial score (nSPS) is 16.2. The number of hydrogen-bond donors (Lipinski definition) is 0. The van der Waals surface area contributed by atoms with Gasteiger partial charge in [0.1, 0.15) is 0 Å². The van der Waals surface area contributed by atoms with Crippen LogP contribution in [-0.4, -0.2) is 56.1 Å². The highest BCUT2D eigenvalue weighted by molar-refractivity contribution is 5.95.